The van der Waals surface area contributed by atoms with Gasteiger partial charge in [-0.15, -0.1) is 0 Å². The van der Waals surface area contributed by atoms with E-state index in [1.807, 2.05) is 24.3 Å². The van der Waals surface area contributed by atoms with Gasteiger partial charge in [0.05, 0.1) is 0 Å². The molecule has 3 N–H and O–H groups in total. The summed E-state index contributed by atoms with van der Waals surface area (Å²) in [6.45, 7) is 0. The maximum atomic E-state index is 11.2. The molecule has 0 radical (unpaired) electrons. The Morgan fingerprint density at radius 1 is 1.06 bits per heavy atom. The van der Waals surface area contributed by atoms with E-state index in [9.17, 15) is 4.79 Å². The van der Waals surface area contributed by atoms with Crippen molar-refractivity contribution in [3.63, 3.8) is 0 Å². The fourth-order valence-electron chi connectivity index (χ4n) is 1.71. The van der Waals surface area contributed by atoms with E-state index in [4.69, 9.17) is 17.3 Å². The van der Waals surface area contributed by atoms with Crippen molar-refractivity contribution in [2.75, 3.05) is 5.73 Å². The second kappa shape index (κ2) is 5.06. The summed E-state index contributed by atoms with van der Waals surface area (Å²) in [5.74, 6) is 0.406. The van der Waals surface area contributed by atoms with Crippen LogP contribution in [0.25, 0.3) is 0 Å². The van der Waals surface area contributed by atoms with E-state index < -0.39 is 0 Å². The molecule has 0 spiro atoms. The van der Waals surface area contributed by atoms with Crippen LogP contribution in [0.4, 0.5) is 5.82 Å². The number of aromatic nitrogens is 1. The minimum atomic E-state index is -0.156. The maximum Gasteiger partial charge on any atom is 0.249 e. The van der Waals surface area contributed by atoms with E-state index in [2.05, 4.69) is 4.98 Å². The minimum Gasteiger partial charge on any atom is -0.385 e. The average Bonchev–Trinajstić information content (AvgIpc) is 2.27. The first-order chi connectivity index (χ1) is 8.13. The highest BCUT2D eigenvalue weighted by Gasteiger charge is 1.99. The molecule has 1 heterocycles. The van der Waals surface area contributed by atoms with Gasteiger partial charge in [0.25, 0.3) is 0 Å². The molecule has 0 unspecified atom stereocenters. The SMILES string of the molecule is Nc1cc(CCc2ccc(Cl)cc2)cc(=O)[nH]1. The van der Waals surface area contributed by atoms with Gasteiger partial charge in [-0.3, -0.25) is 4.79 Å². The molecule has 88 valence electrons. The Balaban J connectivity index is 2.07. The van der Waals surface area contributed by atoms with Gasteiger partial charge >= 0.3 is 0 Å². The minimum absolute atomic E-state index is 0.156. The van der Waals surface area contributed by atoms with Crippen molar-refractivity contribution >= 4 is 17.4 Å². The van der Waals surface area contributed by atoms with Gasteiger partial charge < -0.3 is 10.7 Å². The summed E-state index contributed by atoms with van der Waals surface area (Å²) < 4.78 is 0. The molecule has 1 aromatic heterocycles. The van der Waals surface area contributed by atoms with Crippen molar-refractivity contribution in [2.45, 2.75) is 12.8 Å². The van der Waals surface area contributed by atoms with E-state index in [-0.39, 0.29) is 5.56 Å². The molecule has 2 rings (SSSR count). The molecule has 0 bridgehead atoms. The van der Waals surface area contributed by atoms with E-state index in [0.717, 1.165) is 23.4 Å². The summed E-state index contributed by atoms with van der Waals surface area (Å²) in [6, 6.07) is 11.1. The van der Waals surface area contributed by atoms with Crippen molar-refractivity contribution in [3.05, 3.63) is 62.9 Å². The van der Waals surface area contributed by atoms with Crippen molar-refractivity contribution in [3.8, 4) is 0 Å². The third-order valence-corrected chi connectivity index (χ3v) is 2.79. The van der Waals surface area contributed by atoms with Crippen LogP contribution in [0.3, 0.4) is 0 Å². The standard InChI is InChI=1S/C13H13ClN2O/c14-11-5-3-9(4-6-11)1-2-10-7-12(15)16-13(17)8-10/h3-8H,1-2H2,(H3,15,16,17). The van der Waals surface area contributed by atoms with Gasteiger partial charge in [0.2, 0.25) is 5.56 Å². The second-order valence-corrected chi connectivity index (χ2v) is 4.37. The van der Waals surface area contributed by atoms with Crippen LogP contribution < -0.4 is 11.3 Å². The fourth-order valence-corrected chi connectivity index (χ4v) is 1.83. The van der Waals surface area contributed by atoms with Crippen molar-refractivity contribution in [1.82, 2.24) is 4.98 Å². The summed E-state index contributed by atoms with van der Waals surface area (Å²) in [6.07, 6.45) is 1.65. The lowest BCUT2D eigenvalue weighted by atomic mass is 10.1. The van der Waals surface area contributed by atoms with Gasteiger partial charge in [-0.2, -0.15) is 0 Å². The second-order valence-electron chi connectivity index (χ2n) is 3.93. The number of halogens is 1. The Morgan fingerprint density at radius 2 is 1.71 bits per heavy atom. The number of nitrogen functional groups attached to an aromatic ring is 1. The lowest BCUT2D eigenvalue weighted by Crippen LogP contribution is -2.09. The number of hydrogen-bond donors (Lipinski definition) is 2. The normalized spacial score (nSPS) is 10.4. The van der Waals surface area contributed by atoms with Crippen LogP contribution in [0.2, 0.25) is 5.02 Å². The molecule has 17 heavy (non-hydrogen) atoms. The smallest absolute Gasteiger partial charge is 0.249 e. The Labute approximate surface area is 104 Å². The predicted molar refractivity (Wildman–Crippen MR) is 70.3 cm³/mol. The maximum absolute atomic E-state index is 11.2. The van der Waals surface area contributed by atoms with Gasteiger partial charge in [0.1, 0.15) is 5.82 Å². The van der Waals surface area contributed by atoms with Crippen LogP contribution in [-0.4, -0.2) is 4.98 Å². The number of nitrogens with one attached hydrogen (secondary N) is 1. The molecule has 0 fully saturated rings. The summed E-state index contributed by atoms with van der Waals surface area (Å²) in [5.41, 5.74) is 7.55. The van der Waals surface area contributed by atoms with Crippen molar-refractivity contribution in [2.24, 2.45) is 0 Å². The average molecular weight is 249 g/mol. The van der Waals surface area contributed by atoms with E-state index >= 15 is 0 Å². The van der Waals surface area contributed by atoms with E-state index in [0.29, 0.717) is 5.82 Å². The number of H-pyrrole nitrogens is 1. The quantitative estimate of drug-likeness (QED) is 0.876. The highest BCUT2D eigenvalue weighted by atomic mass is 35.5. The lowest BCUT2D eigenvalue weighted by molar-refractivity contribution is 0.952. The molecular formula is C13H13ClN2O. The zero-order valence-corrected chi connectivity index (χ0v) is 10.00. The molecule has 0 saturated heterocycles. The van der Waals surface area contributed by atoms with E-state index in [1.54, 1.807) is 12.1 Å². The predicted octanol–water partition coefficient (Wildman–Crippen LogP) is 2.40. The molecule has 0 aliphatic carbocycles. The molecule has 2 aromatic rings. The molecule has 4 heteroatoms. The van der Waals surface area contributed by atoms with Crippen LogP contribution in [-0.2, 0) is 12.8 Å². The molecule has 0 atom stereocenters. The third-order valence-electron chi connectivity index (χ3n) is 2.54. The molecule has 0 amide bonds. The number of anilines is 1. The monoisotopic (exact) mass is 248 g/mol. The summed E-state index contributed by atoms with van der Waals surface area (Å²) in [7, 11) is 0. The molecule has 1 aromatic carbocycles. The van der Waals surface area contributed by atoms with Crippen LogP contribution in [0.15, 0.2) is 41.2 Å². The van der Waals surface area contributed by atoms with Crippen LogP contribution in [0.5, 0.6) is 0 Å². The first kappa shape index (κ1) is 11.7. The number of aryl methyl sites for hydroxylation is 2. The van der Waals surface area contributed by atoms with Crippen LogP contribution in [0.1, 0.15) is 11.1 Å². The Bertz CT molecular complexity index is 560. The zero-order valence-electron chi connectivity index (χ0n) is 9.24. The number of pyridine rings is 1. The van der Waals surface area contributed by atoms with Crippen LogP contribution in [0, 0.1) is 0 Å². The lowest BCUT2D eigenvalue weighted by Gasteiger charge is -2.03. The number of rotatable bonds is 3. The van der Waals surface area contributed by atoms with Gasteiger partial charge in [-0.1, -0.05) is 23.7 Å². The summed E-state index contributed by atoms with van der Waals surface area (Å²) >= 11 is 5.81. The van der Waals surface area contributed by atoms with Gasteiger partial charge in [0, 0.05) is 11.1 Å². The number of aromatic amines is 1. The zero-order chi connectivity index (χ0) is 12.3. The first-order valence-electron chi connectivity index (χ1n) is 5.36. The topological polar surface area (TPSA) is 58.9 Å². The summed E-state index contributed by atoms with van der Waals surface area (Å²) in [5, 5.41) is 0.731. The van der Waals surface area contributed by atoms with Crippen molar-refractivity contribution in [1.29, 1.82) is 0 Å². The van der Waals surface area contributed by atoms with Gasteiger partial charge in [0.15, 0.2) is 0 Å². The van der Waals surface area contributed by atoms with Gasteiger partial charge in [-0.05, 0) is 42.2 Å². The first-order valence-corrected chi connectivity index (χ1v) is 5.74. The fraction of sp³-hybridized carbons (Fsp3) is 0.154. The van der Waals surface area contributed by atoms with Crippen LogP contribution >= 0.6 is 11.6 Å². The van der Waals surface area contributed by atoms with E-state index in [1.165, 1.54) is 5.56 Å². The number of nitrogens with two attached hydrogens (primary N) is 1. The Hall–Kier alpha value is -1.74. The molecular weight excluding hydrogens is 236 g/mol. The summed E-state index contributed by atoms with van der Waals surface area (Å²) in [4.78, 5) is 13.7. The molecule has 3 nitrogen and oxygen atoms in total. The van der Waals surface area contributed by atoms with Crippen molar-refractivity contribution < 1.29 is 0 Å². The third kappa shape index (κ3) is 3.36. The number of hydrogen-bond acceptors (Lipinski definition) is 2. The molecule has 0 saturated carbocycles. The molecule has 0 aliphatic rings. The Kier molecular flexibility index (Phi) is 3.49. The highest BCUT2D eigenvalue weighted by Crippen LogP contribution is 2.12. The number of benzene rings is 1. The highest BCUT2D eigenvalue weighted by molar-refractivity contribution is 6.30. The molecule has 0 aliphatic heterocycles. The Morgan fingerprint density at radius 3 is 2.35 bits per heavy atom. The van der Waals surface area contributed by atoms with Gasteiger partial charge in [-0.25, -0.2) is 0 Å². The largest absolute Gasteiger partial charge is 0.385 e.